The summed E-state index contributed by atoms with van der Waals surface area (Å²) in [6.45, 7) is 17.9. The second-order valence-corrected chi connectivity index (χ2v) is 12.0. The zero-order chi connectivity index (χ0) is 23.3. The Labute approximate surface area is 193 Å². The number of ether oxygens (including phenoxy) is 1. The van der Waals surface area contributed by atoms with E-state index in [-0.39, 0.29) is 11.0 Å². The van der Waals surface area contributed by atoms with Crippen LogP contribution >= 0.6 is 0 Å². The first-order chi connectivity index (χ1) is 14.5. The maximum absolute atomic E-state index is 10.5. The smallest absolute Gasteiger partial charge is 0.0893 e. The van der Waals surface area contributed by atoms with Crippen molar-refractivity contribution in [1.82, 2.24) is 0 Å². The third kappa shape index (κ3) is 6.05. The average Bonchev–Trinajstić information content (AvgIpc) is 2.74. The van der Waals surface area contributed by atoms with E-state index in [9.17, 15) is 5.11 Å². The molecule has 0 aromatic carbocycles. The number of methoxy groups -OCH3 is 1. The molecule has 2 aliphatic rings. The summed E-state index contributed by atoms with van der Waals surface area (Å²) in [6.07, 6.45) is 18.6. The Balaban J connectivity index is 2.48. The molecule has 0 spiro atoms. The Hall–Kier alpha value is -0.600. The predicted molar refractivity (Wildman–Crippen MR) is 134 cm³/mol. The van der Waals surface area contributed by atoms with Gasteiger partial charge in [-0.05, 0) is 73.7 Å². The highest BCUT2D eigenvalue weighted by Gasteiger charge is 2.51. The van der Waals surface area contributed by atoms with Crippen LogP contribution in [0.15, 0.2) is 24.3 Å². The van der Waals surface area contributed by atoms with Gasteiger partial charge in [-0.1, -0.05) is 85.3 Å². The summed E-state index contributed by atoms with van der Waals surface area (Å²) in [7, 11) is 1.95. The molecule has 0 amide bonds. The fourth-order valence-electron chi connectivity index (χ4n) is 6.76. The van der Waals surface area contributed by atoms with Crippen molar-refractivity contribution in [2.75, 3.05) is 7.11 Å². The number of hydrogen-bond acceptors (Lipinski definition) is 2. The van der Waals surface area contributed by atoms with E-state index < -0.39 is 5.60 Å². The molecule has 1 N–H and O–H groups in total. The van der Waals surface area contributed by atoms with E-state index in [2.05, 4.69) is 47.3 Å². The van der Waals surface area contributed by atoms with E-state index in [1.54, 1.807) is 6.08 Å². The molecule has 0 saturated heterocycles. The van der Waals surface area contributed by atoms with Crippen LogP contribution in [0.2, 0.25) is 0 Å². The minimum atomic E-state index is -0.814. The molecule has 2 saturated carbocycles. The normalized spacial score (nSPS) is 31.6. The van der Waals surface area contributed by atoms with Gasteiger partial charge in [0.2, 0.25) is 0 Å². The number of hydrogen-bond donors (Lipinski definition) is 1. The molecule has 0 bridgehead atoms. The van der Waals surface area contributed by atoms with Gasteiger partial charge in [-0.2, -0.15) is 0 Å². The van der Waals surface area contributed by atoms with Crippen LogP contribution in [0.25, 0.3) is 0 Å². The van der Waals surface area contributed by atoms with Crippen molar-refractivity contribution in [3.8, 4) is 0 Å². The molecule has 31 heavy (non-hydrogen) atoms. The van der Waals surface area contributed by atoms with Crippen molar-refractivity contribution in [1.29, 1.82) is 0 Å². The van der Waals surface area contributed by atoms with E-state index in [4.69, 9.17) is 4.74 Å². The molecule has 4 unspecified atom stereocenters. The summed E-state index contributed by atoms with van der Waals surface area (Å²) in [5.41, 5.74) is 0.971. The largest absolute Gasteiger partial charge is 0.386 e. The Morgan fingerprint density at radius 3 is 2.32 bits per heavy atom. The molecule has 2 rings (SSSR count). The molecule has 2 aliphatic carbocycles. The van der Waals surface area contributed by atoms with Gasteiger partial charge in [-0.3, -0.25) is 0 Å². The monoisotopic (exact) mass is 432 g/mol. The van der Waals surface area contributed by atoms with Crippen molar-refractivity contribution < 1.29 is 9.84 Å². The average molecular weight is 433 g/mol. The fourth-order valence-corrected chi connectivity index (χ4v) is 6.76. The van der Waals surface area contributed by atoms with E-state index in [0.717, 1.165) is 25.2 Å². The van der Waals surface area contributed by atoms with Crippen LogP contribution in [0.1, 0.15) is 119 Å². The number of aliphatic hydroxyl groups is 1. The highest BCUT2D eigenvalue weighted by molar-refractivity contribution is 5.28. The lowest BCUT2D eigenvalue weighted by atomic mass is 9.51. The quantitative estimate of drug-likeness (QED) is 0.352. The summed E-state index contributed by atoms with van der Waals surface area (Å²) < 4.78 is 6.55. The van der Waals surface area contributed by atoms with Crippen molar-refractivity contribution in [3.63, 3.8) is 0 Å². The van der Waals surface area contributed by atoms with Gasteiger partial charge in [0.15, 0.2) is 0 Å². The second-order valence-electron chi connectivity index (χ2n) is 12.0. The molecule has 0 heterocycles. The van der Waals surface area contributed by atoms with E-state index >= 15 is 0 Å². The molecular weight excluding hydrogens is 380 g/mol. The Kier molecular flexibility index (Phi) is 9.07. The Morgan fingerprint density at radius 1 is 1.13 bits per heavy atom. The van der Waals surface area contributed by atoms with Crippen LogP contribution < -0.4 is 0 Å². The van der Waals surface area contributed by atoms with Gasteiger partial charge in [0, 0.05) is 7.11 Å². The molecule has 180 valence electrons. The van der Waals surface area contributed by atoms with Gasteiger partial charge in [-0.25, -0.2) is 0 Å². The Bertz CT molecular complexity index is 604. The third-order valence-electron chi connectivity index (χ3n) is 9.49. The number of rotatable bonds is 10. The van der Waals surface area contributed by atoms with Crippen LogP contribution in [0.4, 0.5) is 0 Å². The van der Waals surface area contributed by atoms with Crippen molar-refractivity contribution in [3.05, 3.63) is 24.3 Å². The maximum Gasteiger partial charge on any atom is 0.0893 e. The van der Waals surface area contributed by atoms with E-state index in [1.807, 2.05) is 14.0 Å². The summed E-state index contributed by atoms with van der Waals surface area (Å²) >= 11 is 0. The minimum absolute atomic E-state index is 0.127. The molecule has 2 fully saturated rings. The highest BCUT2D eigenvalue weighted by Crippen LogP contribution is 2.58. The first-order valence-corrected chi connectivity index (χ1v) is 13.1. The SMILES string of the molecule is C=CC(C)(O)CCC=C(C(CC)(CC1CCCCC1)OC)C1(C)CCCC(C)(C)C1C. The lowest BCUT2D eigenvalue weighted by Crippen LogP contribution is -2.49. The topological polar surface area (TPSA) is 29.5 Å². The summed E-state index contributed by atoms with van der Waals surface area (Å²) in [4.78, 5) is 0. The number of allylic oxidation sites excluding steroid dienone is 1. The van der Waals surface area contributed by atoms with Crippen LogP contribution in [0.5, 0.6) is 0 Å². The van der Waals surface area contributed by atoms with Gasteiger partial charge in [0.1, 0.15) is 0 Å². The molecule has 2 nitrogen and oxygen atoms in total. The minimum Gasteiger partial charge on any atom is -0.386 e. The van der Waals surface area contributed by atoms with Gasteiger partial charge in [-0.15, -0.1) is 6.58 Å². The predicted octanol–water partition coefficient (Wildman–Crippen LogP) is 8.25. The van der Waals surface area contributed by atoms with Gasteiger partial charge in [0.25, 0.3) is 0 Å². The summed E-state index contributed by atoms with van der Waals surface area (Å²) in [6, 6.07) is 0. The Morgan fingerprint density at radius 2 is 1.77 bits per heavy atom. The van der Waals surface area contributed by atoms with Crippen molar-refractivity contribution in [2.45, 2.75) is 130 Å². The van der Waals surface area contributed by atoms with Crippen LogP contribution in [-0.4, -0.2) is 23.4 Å². The van der Waals surface area contributed by atoms with Crippen LogP contribution in [0, 0.1) is 22.7 Å². The molecule has 0 aromatic rings. The standard InChI is InChI=1S/C29H52O2/c1-9-27(6,30)20-14-18-25(28(7)21-15-19-26(4,5)23(28)3)29(10-2,31-8)22-24-16-12-11-13-17-24/h9,18,23-24,30H,1,10-17,19-22H2,2-8H3. The molecule has 2 heteroatoms. The highest BCUT2D eigenvalue weighted by atomic mass is 16.5. The molecular formula is C29H52O2. The van der Waals surface area contributed by atoms with Crippen LogP contribution in [0.3, 0.4) is 0 Å². The zero-order valence-corrected chi connectivity index (χ0v) is 21.9. The fraction of sp³-hybridized carbons (Fsp3) is 0.862. The van der Waals surface area contributed by atoms with Gasteiger partial charge < -0.3 is 9.84 Å². The second kappa shape index (κ2) is 10.6. The lowest BCUT2D eigenvalue weighted by molar-refractivity contribution is -0.0494. The van der Waals surface area contributed by atoms with E-state index in [0.29, 0.717) is 17.8 Å². The molecule has 0 aliphatic heterocycles. The molecule has 4 atom stereocenters. The zero-order valence-electron chi connectivity index (χ0n) is 21.9. The summed E-state index contributed by atoms with van der Waals surface area (Å²) in [5, 5.41) is 10.5. The summed E-state index contributed by atoms with van der Waals surface area (Å²) in [5.74, 6) is 1.36. The van der Waals surface area contributed by atoms with Crippen molar-refractivity contribution in [2.24, 2.45) is 22.7 Å². The first kappa shape index (κ1) is 26.7. The first-order valence-electron chi connectivity index (χ1n) is 13.1. The molecule has 0 radical (unpaired) electrons. The van der Waals surface area contributed by atoms with Gasteiger partial charge in [0.05, 0.1) is 11.2 Å². The maximum atomic E-state index is 10.5. The van der Waals surface area contributed by atoms with Gasteiger partial charge >= 0.3 is 0 Å². The third-order valence-corrected chi connectivity index (χ3v) is 9.49. The lowest BCUT2D eigenvalue weighted by Gasteiger charge is -2.55. The van der Waals surface area contributed by atoms with E-state index in [1.165, 1.54) is 56.9 Å². The van der Waals surface area contributed by atoms with Crippen LogP contribution in [-0.2, 0) is 4.74 Å². The van der Waals surface area contributed by atoms with Crippen molar-refractivity contribution >= 4 is 0 Å². The molecule has 0 aromatic heterocycles.